The number of nitrogens with two attached hydrogens (primary N) is 1. The molecule has 3 N–H and O–H groups in total. The first-order valence-corrected chi connectivity index (χ1v) is 7.96. The van der Waals surface area contributed by atoms with Gasteiger partial charge >= 0.3 is 0 Å². The highest BCUT2D eigenvalue weighted by Crippen LogP contribution is 2.27. The first-order chi connectivity index (χ1) is 9.58. The molecule has 0 unspecified atom stereocenters. The van der Waals surface area contributed by atoms with Crippen LogP contribution in [0.25, 0.3) is 0 Å². The van der Waals surface area contributed by atoms with Crippen LogP contribution in [0.4, 0.5) is 5.82 Å². The molecule has 1 amide bonds. The van der Waals surface area contributed by atoms with Crippen LogP contribution in [-0.4, -0.2) is 42.8 Å². The highest BCUT2D eigenvalue weighted by atomic mass is 35.5. The number of thioether (sulfide) groups is 1. The Hall–Kier alpha value is -0.980. The number of anilines is 1. The summed E-state index contributed by atoms with van der Waals surface area (Å²) in [6.45, 7) is 1.79. The summed E-state index contributed by atoms with van der Waals surface area (Å²) in [4.78, 5) is 18.8. The number of nitrogens with zero attached hydrogens (tertiary/aromatic N) is 2. The summed E-state index contributed by atoms with van der Waals surface area (Å²) >= 11 is 7.53. The number of nitrogens with one attached hydrogen (secondary N) is 1. The predicted molar refractivity (Wildman–Crippen MR) is 83.5 cm³/mol. The number of halogens is 1. The molecule has 0 bridgehead atoms. The standard InChI is InChI=1S/C13H19ClN4OS/c1-16-13(19)8-20-10-6-11(14)17-12(7-10)18-4-2-9(15)3-5-18/h6-7,9H,2-5,8,15H2,1H3,(H,16,19). The number of carbonyl (C=O) groups excluding carboxylic acids is 1. The molecule has 0 atom stereocenters. The molecule has 20 heavy (non-hydrogen) atoms. The Kier molecular flexibility index (Phi) is 5.51. The van der Waals surface area contributed by atoms with Crippen molar-refractivity contribution in [3.63, 3.8) is 0 Å². The van der Waals surface area contributed by atoms with Crippen LogP contribution in [0.2, 0.25) is 5.15 Å². The lowest BCUT2D eigenvalue weighted by Crippen LogP contribution is -2.40. The lowest BCUT2D eigenvalue weighted by molar-refractivity contribution is -0.118. The maximum absolute atomic E-state index is 11.3. The average Bonchev–Trinajstić information content (AvgIpc) is 2.45. The smallest absolute Gasteiger partial charge is 0.230 e. The third-order valence-electron chi connectivity index (χ3n) is 3.27. The molecular weight excluding hydrogens is 296 g/mol. The molecular formula is C13H19ClN4OS. The van der Waals surface area contributed by atoms with Crippen LogP contribution < -0.4 is 16.0 Å². The number of hydrogen-bond donors (Lipinski definition) is 2. The molecule has 0 radical (unpaired) electrons. The van der Waals surface area contributed by atoms with E-state index in [0.717, 1.165) is 36.6 Å². The summed E-state index contributed by atoms with van der Waals surface area (Å²) in [5, 5.41) is 3.06. The van der Waals surface area contributed by atoms with E-state index in [-0.39, 0.29) is 11.9 Å². The van der Waals surface area contributed by atoms with E-state index in [0.29, 0.717) is 10.9 Å². The minimum absolute atomic E-state index is 0.00608. The molecule has 0 aromatic carbocycles. The van der Waals surface area contributed by atoms with Crippen molar-refractivity contribution in [2.24, 2.45) is 5.73 Å². The second-order valence-corrected chi connectivity index (χ2v) is 6.21. The van der Waals surface area contributed by atoms with Gasteiger partial charge in [-0.1, -0.05) is 11.6 Å². The van der Waals surface area contributed by atoms with Crippen molar-refractivity contribution in [2.45, 2.75) is 23.8 Å². The first kappa shape index (κ1) is 15.4. The summed E-state index contributed by atoms with van der Waals surface area (Å²) in [7, 11) is 1.63. The summed E-state index contributed by atoms with van der Waals surface area (Å²) in [5.74, 6) is 1.23. The van der Waals surface area contributed by atoms with Gasteiger partial charge in [-0.05, 0) is 25.0 Å². The first-order valence-electron chi connectivity index (χ1n) is 6.60. The van der Waals surface area contributed by atoms with Crippen molar-refractivity contribution in [1.29, 1.82) is 0 Å². The van der Waals surface area contributed by atoms with E-state index in [1.165, 1.54) is 11.8 Å². The largest absolute Gasteiger partial charge is 0.358 e. The van der Waals surface area contributed by atoms with Crippen molar-refractivity contribution in [3.8, 4) is 0 Å². The topological polar surface area (TPSA) is 71.2 Å². The molecule has 2 rings (SSSR count). The van der Waals surface area contributed by atoms with Crippen molar-refractivity contribution in [2.75, 3.05) is 30.8 Å². The Labute approximate surface area is 128 Å². The van der Waals surface area contributed by atoms with Crippen molar-refractivity contribution < 1.29 is 4.79 Å². The van der Waals surface area contributed by atoms with Gasteiger partial charge in [0, 0.05) is 31.1 Å². The van der Waals surface area contributed by atoms with E-state index >= 15 is 0 Å². The molecule has 7 heteroatoms. The molecule has 0 aliphatic carbocycles. The number of aromatic nitrogens is 1. The van der Waals surface area contributed by atoms with Crippen molar-refractivity contribution in [3.05, 3.63) is 17.3 Å². The molecule has 1 aromatic rings. The molecule has 5 nitrogen and oxygen atoms in total. The fourth-order valence-corrected chi connectivity index (χ4v) is 3.15. The number of piperidine rings is 1. The predicted octanol–water partition coefficient (Wildman–Crippen LogP) is 1.50. The fraction of sp³-hybridized carbons (Fsp3) is 0.538. The van der Waals surface area contributed by atoms with Gasteiger partial charge in [0.1, 0.15) is 11.0 Å². The van der Waals surface area contributed by atoms with E-state index in [9.17, 15) is 4.79 Å². The van der Waals surface area contributed by atoms with E-state index in [1.54, 1.807) is 13.1 Å². The van der Waals surface area contributed by atoms with Crippen LogP contribution in [0.15, 0.2) is 17.0 Å². The van der Waals surface area contributed by atoms with E-state index in [4.69, 9.17) is 17.3 Å². The second-order valence-electron chi connectivity index (χ2n) is 4.77. The zero-order valence-electron chi connectivity index (χ0n) is 11.4. The molecule has 1 aromatic heterocycles. The zero-order valence-corrected chi connectivity index (χ0v) is 13.0. The summed E-state index contributed by atoms with van der Waals surface area (Å²) in [6.07, 6.45) is 1.93. The number of amides is 1. The van der Waals surface area contributed by atoms with Crippen molar-refractivity contribution in [1.82, 2.24) is 10.3 Å². The molecule has 0 spiro atoms. The Bertz CT molecular complexity index is 477. The summed E-state index contributed by atoms with van der Waals surface area (Å²) < 4.78 is 0. The molecule has 0 saturated carbocycles. The van der Waals surface area contributed by atoms with Gasteiger partial charge in [0.2, 0.25) is 5.91 Å². The Morgan fingerprint density at radius 3 is 2.90 bits per heavy atom. The quantitative estimate of drug-likeness (QED) is 0.651. The number of rotatable bonds is 4. The SMILES string of the molecule is CNC(=O)CSc1cc(Cl)nc(N2CCC(N)CC2)c1. The summed E-state index contributed by atoms with van der Waals surface area (Å²) in [6, 6.07) is 4.05. The Morgan fingerprint density at radius 2 is 2.25 bits per heavy atom. The molecule has 110 valence electrons. The Morgan fingerprint density at radius 1 is 1.55 bits per heavy atom. The van der Waals surface area contributed by atoms with Gasteiger partial charge in [-0.3, -0.25) is 4.79 Å². The van der Waals surface area contributed by atoms with Crippen LogP contribution in [0.1, 0.15) is 12.8 Å². The van der Waals surface area contributed by atoms with E-state index in [1.807, 2.05) is 6.07 Å². The third kappa shape index (κ3) is 4.26. The number of pyridine rings is 1. The Balaban J connectivity index is 2.06. The molecule has 1 aliphatic heterocycles. The maximum atomic E-state index is 11.3. The van der Waals surface area contributed by atoms with Gasteiger partial charge in [0.05, 0.1) is 5.75 Å². The van der Waals surface area contributed by atoms with Gasteiger partial charge in [-0.15, -0.1) is 11.8 Å². The van der Waals surface area contributed by atoms with E-state index < -0.39 is 0 Å². The number of hydrogen-bond acceptors (Lipinski definition) is 5. The van der Waals surface area contributed by atoms with E-state index in [2.05, 4.69) is 15.2 Å². The van der Waals surface area contributed by atoms with Crippen LogP contribution in [0.5, 0.6) is 0 Å². The highest BCUT2D eigenvalue weighted by molar-refractivity contribution is 8.00. The van der Waals surface area contributed by atoms with Crippen molar-refractivity contribution >= 4 is 35.1 Å². The highest BCUT2D eigenvalue weighted by Gasteiger charge is 2.18. The van der Waals surface area contributed by atoms with Gasteiger partial charge in [-0.2, -0.15) is 0 Å². The minimum Gasteiger partial charge on any atom is -0.358 e. The lowest BCUT2D eigenvalue weighted by Gasteiger charge is -2.31. The van der Waals surface area contributed by atoms with Crippen LogP contribution in [0, 0.1) is 0 Å². The zero-order chi connectivity index (χ0) is 14.5. The van der Waals surface area contributed by atoms with Crippen LogP contribution >= 0.6 is 23.4 Å². The third-order valence-corrected chi connectivity index (χ3v) is 4.44. The second kappa shape index (κ2) is 7.15. The maximum Gasteiger partial charge on any atom is 0.230 e. The lowest BCUT2D eigenvalue weighted by atomic mass is 10.1. The van der Waals surface area contributed by atoms with Gasteiger partial charge in [-0.25, -0.2) is 4.98 Å². The fourth-order valence-electron chi connectivity index (χ4n) is 2.06. The monoisotopic (exact) mass is 314 g/mol. The van der Waals surface area contributed by atoms with Gasteiger partial charge in [0.15, 0.2) is 0 Å². The number of carbonyl (C=O) groups is 1. The normalized spacial score (nSPS) is 16.2. The minimum atomic E-state index is -0.00608. The molecule has 1 fully saturated rings. The summed E-state index contributed by atoms with van der Waals surface area (Å²) in [5.41, 5.74) is 5.91. The van der Waals surface area contributed by atoms with Gasteiger partial charge < -0.3 is 16.0 Å². The van der Waals surface area contributed by atoms with Crippen LogP contribution in [0.3, 0.4) is 0 Å². The molecule has 2 heterocycles. The molecule has 1 aliphatic rings. The van der Waals surface area contributed by atoms with Gasteiger partial charge in [0.25, 0.3) is 0 Å². The van der Waals surface area contributed by atoms with Crippen LogP contribution in [-0.2, 0) is 4.79 Å². The molecule has 1 saturated heterocycles. The average molecular weight is 315 g/mol.